The lowest BCUT2D eigenvalue weighted by Crippen LogP contribution is -2.47. The first-order valence-corrected chi connectivity index (χ1v) is 10.2. The van der Waals surface area contributed by atoms with Crippen LogP contribution in [0, 0.1) is 0 Å². The van der Waals surface area contributed by atoms with Gasteiger partial charge in [-0.1, -0.05) is 50.5 Å². The highest BCUT2D eigenvalue weighted by atomic mass is 16.5. The van der Waals surface area contributed by atoms with E-state index in [9.17, 15) is 4.79 Å². The number of hydrogen-bond donors (Lipinski definition) is 1. The molecular weight excluding hydrogens is 338 g/mol. The van der Waals surface area contributed by atoms with Gasteiger partial charge in [0.1, 0.15) is 11.4 Å². The number of amides is 1. The van der Waals surface area contributed by atoms with Crippen LogP contribution >= 0.6 is 0 Å². The number of ether oxygens (including phenoxy) is 2. The second-order valence-corrected chi connectivity index (χ2v) is 7.44. The van der Waals surface area contributed by atoms with Crippen molar-refractivity contribution in [3.63, 3.8) is 0 Å². The summed E-state index contributed by atoms with van der Waals surface area (Å²) in [5.41, 5.74) is 0.122. The number of hydrogen-bond acceptors (Lipinski definition) is 3. The Hall–Kier alpha value is -2.07. The molecule has 1 atom stereocenters. The highest BCUT2D eigenvalue weighted by Gasteiger charge is 2.40. The van der Waals surface area contributed by atoms with Gasteiger partial charge in [0, 0.05) is 23.1 Å². The molecule has 4 heteroatoms. The minimum Gasteiger partial charge on any atom is -0.490 e. The summed E-state index contributed by atoms with van der Waals surface area (Å²) in [6, 6.07) is 12.0. The number of fused-ring (bicyclic) bond motifs is 1. The molecule has 146 valence electrons. The fourth-order valence-electron chi connectivity index (χ4n) is 3.86. The molecule has 1 saturated carbocycles. The number of carbonyl (C=O) groups is 1. The Labute approximate surface area is 162 Å². The number of carbonyl (C=O) groups excluding carboxylic acids is 1. The molecule has 1 amide bonds. The normalized spacial score (nSPS) is 17.4. The molecule has 0 heterocycles. The van der Waals surface area contributed by atoms with Crippen LogP contribution in [0.2, 0.25) is 0 Å². The Morgan fingerprint density at radius 3 is 2.44 bits per heavy atom. The van der Waals surface area contributed by atoms with Crippen LogP contribution in [0.4, 0.5) is 5.69 Å². The van der Waals surface area contributed by atoms with Gasteiger partial charge in [-0.2, -0.15) is 0 Å². The van der Waals surface area contributed by atoms with E-state index in [1.54, 1.807) is 0 Å². The minimum absolute atomic E-state index is 0.0233. The summed E-state index contributed by atoms with van der Waals surface area (Å²) in [7, 11) is 0. The van der Waals surface area contributed by atoms with Gasteiger partial charge in [0.2, 0.25) is 0 Å². The average molecular weight is 370 g/mol. The van der Waals surface area contributed by atoms with E-state index in [1.807, 2.05) is 43.3 Å². The molecule has 2 aromatic carbocycles. The zero-order chi connectivity index (χ0) is 19.3. The van der Waals surface area contributed by atoms with Gasteiger partial charge >= 0.3 is 0 Å². The Morgan fingerprint density at radius 2 is 1.78 bits per heavy atom. The van der Waals surface area contributed by atoms with Crippen LogP contribution in [0.3, 0.4) is 0 Å². The lowest BCUT2D eigenvalue weighted by molar-refractivity contribution is -0.145. The molecule has 0 radical (unpaired) electrons. The van der Waals surface area contributed by atoms with Gasteiger partial charge in [-0.05, 0) is 45.2 Å². The van der Waals surface area contributed by atoms with E-state index >= 15 is 0 Å². The molecular formula is C23H31NO3. The lowest BCUT2D eigenvalue weighted by atomic mass is 9.83. The van der Waals surface area contributed by atoms with Crippen LogP contribution in [-0.2, 0) is 9.53 Å². The number of benzene rings is 2. The molecule has 0 spiro atoms. The lowest BCUT2D eigenvalue weighted by Gasteiger charge is -2.35. The third-order valence-electron chi connectivity index (χ3n) is 5.53. The van der Waals surface area contributed by atoms with Crippen molar-refractivity contribution < 1.29 is 14.3 Å². The molecule has 0 bridgehead atoms. The third kappa shape index (κ3) is 4.27. The van der Waals surface area contributed by atoms with E-state index in [2.05, 4.69) is 19.2 Å². The topological polar surface area (TPSA) is 47.6 Å². The summed E-state index contributed by atoms with van der Waals surface area (Å²) in [6.07, 6.45) is 5.93. The van der Waals surface area contributed by atoms with Crippen molar-refractivity contribution in [1.29, 1.82) is 0 Å². The second kappa shape index (κ2) is 8.75. The zero-order valence-corrected chi connectivity index (χ0v) is 16.7. The minimum atomic E-state index is -0.694. The predicted octanol–water partition coefficient (Wildman–Crippen LogP) is 5.70. The van der Waals surface area contributed by atoms with Gasteiger partial charge in [0.25, 0.3) is 5.91 Å². The first kappa shape index (κ1) is 19.7. The maximum absolute atomic E-state index is 13.2. The van der Waals surface area contributed by atoms with Crippen LogP contribution in [0.15, 0.2) is 36.4 Å². The van der Waals surface area contributed by atoms with Crippen molar-refractivity contribution in [2.24, 2.45) is 0 Å². The monoisotopic (exact) mass is 369 g/mol. The third-order valence-corrected chi connectivity index (χ3v) is 5.53. The van der Waals surface area contributed by atoms with Crippen LogP contribution in [0.5, 0.6) is 5.75 Å². The van der Waals surface area contributed by atoms with Crippen LogP contribution in [0.1, 0.15) is 59.3 Å². The molecule has 0 aromatic heterocycles. The smallest absolute Gasteiger partial charge is 0.256 e. The Balaban J connectivity index is 1.90. The summed E-state index contributed by atoms with van der Waals surface area (Å²) in [6.45, 7) is 6.69. The molecule has 0 unspecified atom stereocenters. The van der Waals surface area contributed by atoms with E-state index in [-0.39, 0.29) is 12.0 Å². The molecule has 0 saturated heterocycles. The molecule has 1 aliphatic carbocycles. The van der Waals surface area contributed by atoms with Crippen molar-refractivity contribution >= 4 is 22.4 Å². The van der Waals surface area contributed by atoms with Gasteiger partial charge < -0.3 is 14.8 Å². The summed E-state index contributed by atoms with van der Waals surface area (Å²) in [5, 5.41) is 5.17. The molecule has 0 aliphatic heterocycles. The number of anilines is 1. The van der Waals surface area contributed by atoms with Gasteiger partial charge in [-0.15, -0.1) is 0 Å². The Bertz CT molecular complexity index is 775. The Kier molecular flexibility index (Phi) is 6.38. The van der Waals surface area contributed by atoms with Crippen LogP contribution < -0.4 is 10.1 Å². The maximum atomic E-state index is 13.2. The van der Waals surface area contributed by atoms with Gasteiger partial charge in [-0.25, -0.2) is 0 Å². The predicted molar refractivity (Wildman–Crippen MR) is 110 cm³/mol. The Morgan fingerprint density at radius 1 is 1.07 bits per heavy atom. The van der Waals surface area contributed by atoms with Gasteiger partial charge in [0.15, 0.2) is 0 Å². The molecule has 27 heavy (non-hydrogen) atoms. The second-order valence-electron chi connectivity index (χ2n) is 7.44. The van der Waals surface area contributed by atoms with Gasteiger partial charge in [0.05, 0.1) is 6.10 Å². The molecule has 1 N–H and O–H groups in total. The van der Waals surface area contributed by atoms with E-state index < -0.39 is 5.60 Å². The quantitative estimate of drug-likeness (QED) is 0.681. The van der Waals surface area contributed by atoms with Crippen molar-refractivity contribution in [3.8, 4) is 5.75 Å². The average Bonchev–Trinajstić information content (AvgIpc) is 2.70. The van der Waals surface area contributed by atoms with Gasteiger partial charge in [-0.3, -0.25) is 4.79 Å². The van der Waals surface area contributed by atoms with Crippen molar-refractivity contribution in [2.75, 3.05) is 11.9 Å². The highest BCUT2D eigenvalue weighted by molar-refractivity contribution is 6.06. The molecule has 3 rings (SSSR count). The summed E-state index contributed by atoms with van der Waals surface area (Å²) >= 11 is 0. The van der Waals surface area contributed by atoms with Crippen molar-refractivity contribution in [1.82, 2.24) is 0 Å². The molecule has 1 fully saturated rings. The summed E-state index contributed by atoms with van der Waals surface area (Å²) < 4.78 is 12.0. The fraction of sp³-hybridized carbons (Fsp3) is 0.522. The van der Waals surface area contributed by atoms with E-state index in [0.29, 0.717) is 6.61 Å². The first-order chi connectivity index (χ1) is 13.1. The molecule has 4 nitrogen and oxygen atoms in total. The van der Waals surface area contributed by atoms with Crippen molar-refractivity contribution in [2.45, 2.75) is 71.0 Å². The van der Waals surface area contributed by atoms with Crippen molar-refractivity contribution in [3.05, 3.63) is 36.4 Å². The van der Waals surface area contributed by atoms with Crippen LogP contribution in [0.25, 0.3) is 10.8 Å². The van der Waals surface area contributed by atoms with E-state index in [4.69, 9.17) is 9.47 Å². The molecule has 1 aliphatic rings. The molecule has 2 aromatic rings. The standard InChI is InChI=1S/C23H31NO3/c1-4-17(3)27-21-14-13-20(18-11-7-8-12-19(18)21)24-22(25)23(26-5-2)15-9-6-10-16-23/h7-8,11-14,17H,4-6,9-10,15-16H2,1-3H3,(H,24,25)/t17-/m1/s1. The first-order valence-electron chi connectivity index (χ1n) is 10.2. The van der Waals surface area contributed by atoms with Crippen LogP contribution in [-0.4, -0.2) is 24.2 Å². The highest BCUT2D eigenvalue weighted by Crippen LogP contribution is 2.36. The summed E-state index contributed by atoms with van der Waals surface area (Å²) in [5.74, 6) is 0.833. The fourth-order valence-corrected chi connectivity index (χ4v) is 3.86. The SMILES string of the molecule is CCOC1(C(=O)Nc2ccc(O[C@H](C)CC)c3ccccc23)CCCCC1. The largest absolute Gasteiger partial charge is 0.490 e. The van der Waals surface area contributed by atoms with E-state index in [1.165, 1.54) is 6.42 Å². The maximum Gasteiger partial charge on any atom is 0.256 e. The summed E-state index contributed by atoms with van der Waals surface area (Å²) in [4.78, 5) is 13.2. The number of nitrogens with one attached hydrogen (secondary N) is 1. The van der Waals surface area contributed by atoms with E-state index in [0.717, 1.165) is 54.3 Å². The zero-order valence-electron chi connectivity index (χ0n) is 16.7. The number of rotatable bonds is 7.